The molecule has 2 N–H and O–H groups in total. The molecule has 2 heterocycles. The number of nitrogens with two attached hydrogens (primary N) is 1. The lowest BCUT2D eigenvalue weighted by Crippen LogP contribution is -2.31. The molecule has 82 valence electrons. The summed E-state index contributed by atoms with van der Waals surface area (Å²) in [6, 6.07) is 2.43. The molecule has 1 saturated heterocycles. The van der Waals surface area contributed by atoms with Gasteiger partial charge in [-0.1, -0.05) is 0 Å². The molecule has 0 radical (unpaired) electrons. The van der Waals surface area contributed by atoms with E-state index in [-0.39, 0.29) is 0 Å². The number of aryl methyl sites for hydroxylation is 1. The fourth-order valence-corrected chi connectivity index (χ4v) is 2.35. The third-order valence-corrected chi connectivity index (χ3v) is 3.24. The Labute approximate surface area is 91.3 Å². The van der Waals surface area contributed by atoms with Crippen molar-refractivity contribution in [1.29, 1.82) is 0 Å². The summed E-state index contributed by atoms with van der Waals surface area (Å²) >= 11 is 0. The Morgan fingerprint density at radius 3 is 2.80 bits per heavy atom. The average molecular weight is 205 g/mol. The Morgan fingerprint density at radius 2 is 2.20 bits per heavy atom. The Kier molecular flexibility index (Phi) is 3.34. The second kappa shape index (κ2) is 4.73. The van der Waals surface area contributed by atoms with Crippen LogP contribution in [0.4, 0.5) is 0 Å². The van der Waals surface area contributed by atoms with Gasteiger partial charge in [-0.25, -0.2) is 0 Å². The first-order chi connectivity index (χ1) is 7.33. The van der Waals surface area contributed by atoms with E-state index in [2.05, 4.69) is 22.9 Å². The Morgan fingerprint density at radius 1 is 1.47 bits per heavy atom. The van der Waals surface area contributed by atoms with Crippen LogP contribution in [0.15, 0.2) is 18.5 Å². The van der Waals surface area contributed by atoms with E-state index >= 15 is 0 Å². The number of hydrogen-bond acceptors (Lipinski definition) is 3. The SMILES string of the molecule is Cc1ccncc1C(CN)N1CCCC1. The molecule has 0 aliphatic carbocycles. The number of likely N-dealkylation sites (tertiary alicyclic amines) is 1. The van der Waals surface area contributed by atoms with Crippen LogP contribution in [0.3, 0.4) is 0 Å². The molecule has 1 aliphatic heterocycles. The van der Waals surface area contributed by atoms with Crippen LogP contribution in [0, 0.1) is 6.92 Å². The van der Waals surface area contributed by atoms with Crippen molar-refractivity contribution in [3.05, 3.63) is 29.6 Å². The standard InChI is InChI=1S/C12H19N3/c1-10-4-5-14-9-11(10)12(8-13)15-6-2-3-7-15/h4-5,9,12H,2-3,6-8,13H2,1H3. The fourth-order valence-electron chi connectivity index (χ4n) is 2.35. The summed E-state index contributed by atoms with van der Waals surface area (Å²) in [5, 5.41) is 0. The molecule has 1 aromatic heterocycles. The molecular weight excluding hydrogens is 186 g/mol. The molecule has 3 heteroatoms. The maximum absolute atomic E-state index is 5.88. The van der Waals surface area contributed by atoms with Gasteiger partial charge < -0.3 is 5.73 Å². The molecule has 0 saturated carbocycles. The number of nitrogens with zero attached hydrogens (tertiary/aromatic N) is 2. The van der Waals surface area contributed by atoms with Gasteiger partial charge in [0.25, 0.3) is 0 Å². The second-order valence-corrected chi connectivity index (χ2v) is 4.23. The zero-order valence-corrected chi connectivity index (χ0v) is 9.32. The van der Waals surface area contributed by atoms with Crippen LogP contribution in [-0.2, 0) is 0 Å². The third kappa shape index (κ3) is 2.19. The Balaban J connectivity index is 2.22. The number of pyridine rings is 1. The summed E-state index contributed by atoms with van der Waals surface area (Å²) in [6.07, 6.45) is 6.41. The number of hydrogen-bond donors (Lipinski definition) is 1. The maximum Gasteiger partial charge on any atom is 0.0488 e. The first-order valence-electron chi connectivity index (χ1n) is 5.67. The smallest absolute Gasteiger partial charge is 0.0488 e. The Hall–Kier alpha value is -0.930. The van der Waals surface area contributed by atoms with Crippen LogP contribution < -0.4 is 5.73 Å². The van der Waals surface area contributed by atoms with Gasteiger partial charge in [-0.2, -0.15) is 0 Å². The first kappa shape index (κ1) is 10.6. The van der Waals surface area contributed by atoms with Crippen molar-refractivity contribution < 1.29 is 0 Å². The highest BCUT2D eigenvalue weighted by Gasteiger charge is 2.23. The quantitative estimate of drug-likeness (QED) is 0.813. The minimum Gasteiger partial charge on any atom is -0.329 e. The molecule has 15 heavy (non-hydrogen) atoms. The second-order valence-electron chi connectivity index (χ2n) is 4.23. The van der Waals surface area contributed by atoms with Crippen LogP contribution in [-0.4, -0.2) is 29.5 Å². The minimum atomic E-state index is 0.362. The summed E-state index contributed by atoms with van der Waals surface area (Å²) < 4.78 is 0. The molecule has 1 aromatic rings. The van der Waals surface area contributed by atoms with Crippen LogP contribution in [0.1, 0.15) is 30.0 Å². The number of aromatic nitrogens is 1. The van der Waals surface area contributed by atoms with Crippen LogP contribution in [0.25, 0.3) is 0 Å². The highest BCUT2D eigenvalue weighted by Crippen LogP contribution is 2.25. The van der Waals surface area contributed by atoms with Gasteiger partial charge in [-0.3, -0.25) is 9.88 Å². The van der Waals surface area contributed by atoms with Gasteiger partial charge in [0, 0.05) is 25.0 Å². The van der Waals surface area contributed by atoms with E-state index in [1.54, 1.807) is 0 Å². The molecule has 2 rings (SSSR count). The summed E-state index contributed by atoms with van der Waals surface area (Å²) in [5.41, 5.74) is 8.48. The largest absolute Gasteiger partial charge is 0.329 e. The van der Waals surface area contributed by atoms with E-state index in [1.165, 1.54) is 37.1 Å². The van der Waals surface area contributed by atoms with Gasteiger partial charge in [0.15, 0.2) is 0 Å². The van der Waals surface area contributed by atoms with E-state index in [4.69, 9.17) is 5.73 Å². The lowest BCUT2D eigenvalue weighted by atomic mass is 10.0. The van der Waals surface area contributed by atoms with E-state index in [0.29, 0.717) is 12.6 Å². The van der Waals surface area contributed by atoms with Crippen LogP contribution >= 0.6 is 0 Å². The van der Waals surface area contributed by atoms with Gasteiger partial charge in [0.2, 0.25) is 0 Å². The van der Waals surface area contributed by atoms with Crippen LogP contribution in [0.5, 0.6) is 0 Å². The van der Waals surface area contributed by atoms with Gasteiger partial charge in [-0.05, 0) is 50.0 Å². The molecule has 3 nitrogen and oxygen atoms in total. The van der Waals surface area contributed by atoms with E-state index in [9.17, 15) is 0 Å². The minimum absolute atomic E-state index is 0.362. The van der Waals surface area contributed by atoms with Crippen molar-refractivity contribution in [1.82, 2.24) is 9.88 Å². The van der Waals surface area contributed by atoms with E-state index in [0.717, 1.165) is 0 Å². The van der Waals surface area contributed by atoms with Crippen molar-refractivity contribution in [3.63, 3.8) is 0 Å². The molecule has 1 aliphatic rings. The van der Waals surface area contributed by atoms with Crippen molar-refractivity contribution >= 4 is 0 Å². The van der Waals surface area contributed by atoms with E-state index in [1.807, 2.05) is 12.4 Å². The fraction of sp³-hybridized carbons (Fsp3) is 0.583. The van der Waals surface area contributed by atoms with Crippen molar-refractivity contribution in [2.45, 2.75) is 25.8 Å². The monoisotopic (exact) mass is 205 g/mol. The normalized spacial score (nSPS) is 19.3. The molecule has 1 unspecified atom stereocenters. The zero-order valence-electron chi connectivity index (χ0n) is 9.32. The van der Waals surface area contributed by atoms with Crippen molar-refractivity contribution in [2.24, 2.45) is 5.73 Å². The summed E-state index contributed by atoms with van der Waals surface area (Å²) in [6.45, 7) is 5.18. The number of rotatable bonds is 3. The molecule has 0 bridgehead atoms. The molecule has 0 spiro atoms. The lowest BCUT2D eigenvalue weighted by molar-refractivity contribution is 0.250. The molecular formula is C12H19N3. The Bertz CT molecular complexity index is 318. The average Bonchev–Trinajstić information content (AvgIpc) is 2.75. The van der Waals surface area contributed by atoms with Crippen LogP contribution in [0.2, 0.25) is 0 Å². The third-order valence-electron chi connectivity index (χ3n) is 3.24. The first-order valence-corrected chi connectivity index (χ1v) is 5.67. The summed E-state index contributed by atoms with van der Waals surface area (Å²) in [7, 11) is 0. The van der Waals surface area contributed by atoms with Crippen molar-refractivity contribution in [2.75, 3.05) is 19.6 Å². The summed E-state index contributed by atoms with van der Waals surface area (Å²) in [5.74, 6) is 0. The topological polar surface area (TPSA) is 42.1 Å². The highest BCUT2D eigenvalue weighted by molar-refractivity contribution is 5.25. The zero-order chi connectivity index (χ0) is 10.7. The van der Waals surface area contributed by atoms with Gasteiger partial charge in [0.1, 0.15) is 0 Å². The van der Waals surface area contributed by atoms with E-state index < -0.39 is 0 Å². The highest BCUT2D eigenvalue weighted by atomic mass is 15.2. The van der Waals surface area contributed by atoms with Gasteiger partial charge >= 0.3 is 0 Å². The van der Waals surface area contributed by atoms with Gasteiger partial charge in [-0.15, -0.1) is 0 Å². The van der Waals surface area contributed by atoms with Gasteiger partial charge in [0.05, 0.1) is 0 Å². The maximum atomic E-state index is 5.88. The summed E-state index contributed by atoms with van der Waals surface area (Å²) in [4.78, 5) is 6.68. The predicted octanol–water partition coefficient (Wildman–Crippen LogP) is 1.49. The predicted molar refractivity (Wildman–Crippen MR) is 61.6 cm³/mol. The lowest BCUT2D eigenvalue weighted by Gasteiger charge is -2.27. The molecule has 1 fully saturated rings. The molecule has 0 amide bonds. The molecule has 1 atom stereocenters. The van der Waals surface area contributed by atoms with Crippen molar-refractivity contribution in [3.8, 4) is 0 Å². The molecule has 0 aromatic carbocycles.